The first-order valence-corrected chi connectivity index (χ1v) is 7.36. The molecule has 21 heavy (non-hydrogen) atoms. The fourth-order valence-corrected chi connectivity index (χ4v) is 2.31. The molecule has 0 atom stereocenters. The van der Waals surface area contributed by atoms with Crippen molar-refractivity contribution in [3.8, 4) is 0 Å². The second-order valence-corrected chi connectivity index (χ2v) is 5.44. The molecule has 1 aliphatic rings. The number of pyridine rings is 1. The third kappa shape index (κ3) is 5.68. The van der Waals surface area contributed by atoms with Crippen LogP contribution in [0.25, 0.3) is 0 Å². The normalized spacial score (nSPS) is 15.0. The van der Waals surface area contributed by atoms with Crippen LogP contribution in [0.2, 0.25) is 0 Å². The number of guanidine groups is 1. The number of nitrogens with one attached hydrogen (secondary N) is 2. The molecule has 1 aromatic rings. The zero-order chi connectivity index (χ0) is 14.4. The summed E-state index contributed by atoms with van der Waals surface area (Å²) in [4.78, 5) is 11.1. The van der Waals surface area contributed by atoms with Crippen LogP contribution < -0.4 is 15.5 Å². The summed E-state index contributed by atoms with van der Waals surface area (Å²) in [7, 11) is 1.78. The van der Waals surface area contributed by atoms with Crippen LogP contribution in [0.5, 0.6) is 0 Å². The van der Waals surface area contributed by atoms with E-state index in [0.717, 1.165) is 31.4 Å². The summed E-state index contributed by atoms with van der Waals surface area (Å²) in [6.45, 7) is 7.20. The number of aromatic nitrogens is 1. The monoisotopic (exact) mass is 403 g/mol. The number of halogens is 1. The maximum absolute atomic E-state index is 4.55. The number of nitrogens with zero attached hydrogens (tertiary/aromatic N) is 3. The van der Waals surface area contributed by atoms with Crippen molar-refractivity contribution in [2.45, 2.75) is 39.3 Å². The van der Waals surface area contributed by atoms with Crippen molar-refractivity contribution in [2.24, 2.45) is 4.99 Å². The van der Waals surface area contributed by atoms with Gasteiger partial charge in [-0.1, -0.05) is 6.07 Å². The van der Waals surface area contributed by atoms with Gasteiger partial charge >= 0.3 is 0 Å². The highest BCUT2D eigenvalue weighted by Gasteiger charge is 2.12. The van der Waals surface area contributed by atoms with E-state index in [0.29, 0.717) is 6.04 Å². The molecule has 5 nitrogen and oxygen atoms in total. The first-order chi connectivity index (χ1) is 9.69. The molecule has 0 radical (unpaired) electrons. The van der Waals surface area contributed by atoms with Crippen molar-refractivity contribution < 1.29 is 0 Å². The Hall–Kier alpha value is -1.05. The highest BCUT2D eigenvalue weighted by Crippen LogP contribution is 2.17. The molecule has 2 rings (SSSR count). The van der Waals surface area contributed by atoms with Crippen molar-refractivity contribution in [2.75, 3.05) is 25.0 Å². The summed E-state index contributed by atoms with van der Waals surface area (Å²) in [6, 6.07) is 4.62. The quantitative estimate of drug-likeness (QED) is 0.461. The van der Waals surface area contributed by atoms with Crippen LogP contribution in [-0.4, -0.2) is 37.1 Å². The number of anilines is 1. The van der Waals surface area contributed by atoms with Crippen LogP contribution in [0.3, 0.4) is 0 Å². The minimum Gasteiger partial charge on any atom is -0.357 e. The van der Waals surface area contributed by atoms with Crippen LogP contribution in [0.1, 0.15) is 32.3 Å². The fraction of sp³-hybridized carbons (Fsp3) is 0.600. The largest absolute Gasteiger partial charge is 0.357 e. The molecule has 6 heteroatoms. The van der Waals surface area contributed by atoms with E-state index in [-0.39, 0.29) is 24.0 Å². The van der Waals surface area contributed by atoms with Crippen LogP contribution in [0.4, 0.5) is 5.82 Å². The Morgan fingerprint density at radius 3 is 2.57 bits per heavy atom. The van der Waals surface area contributed by atoms with E-state index in [9.17, 15) is 0 Å². The van der Waals surface area contributed by atoms with Crippen LogP contribution in [0.15, 0.2) is 23.3 Å². The predicted molar refractivity (Wildman–Crippen MR) is 99.6 cm³/mol. The van der Waals surface area contributed by atoms with Gasteiger partial charge in [0, 0.05) is 38.9 Å². The lowest BCUT2D eigenvalue weighted by atomic mass is 10.3. The Labute approximate surface area is 144 Å². The average Bonchev–Trinajstić information content (AvgIpc) is 2.97. The molecule has 0 aromatic carbocycles. The third-order valence-corrected chi connectivity index (χ3v) is 3.35. The van der Waals surface area contributed by atoms with Crippen molar-refractivity contribution in [1.29, 1.82) is 0 Å². The van der Waals surface area contributed by atoms with E-state index in [1.165, 1.54) is 18.4 Å². The Kier molecular flexibility index (Phi) is 7.77. The summed E-state index contributed by atoms with van der Waals surface area (Å²) in [6.07, 6.45) is 4.51. The minimum atomic E-state index is 0. The van der Waals surface area contributed by atoms with E-state index in [1.807, 2.05) is 6.20 Å². The van der Waals surface area contributed by atoms with Crippen molar-refractivity contribution in [3.63, 3.8) is 0 Å². The molecule has 0 bridgehead atoms. The van der Waals surface area contributed by atoms with Gasteiger partial charge in [0.15, 0.2) is 5.96 Å². The topological polar surface area (TPSA) is 52.6 Å². The minimum absolute atomic E-state index is 0. The molecule has 1 saturated heterocycles. The highest BCUT2D eigenvalue weighted by molar-refractivity contribution is 14.0. The average molecular weight is 403 g/mol. The molecule has 0 unspecified atom stereocenters. The van der Waals surface area contributed by atoms with E-state index in [4.69, 9.17) is 0 Å². The maximum atomic E-state index is 4.55. The molecule has 0 spiro atoms. The molecule has 118 valence electrons. The van der Waals surface area contributed by atoms with E-state index in [2.05, 4.69) is 51.5 Å². The Morgan fingerprint density at radius 2 is 2.05 bits per heavy atom. The van der Waals surface area contributed by atoms with Gasteiger partial charge in [-0.05, 0) is 38.3 Å². The second kappa shape index (κ2) is 9.07. The zero-order valence-corrected chi connectivity index (χ0v) is 15.4. The smallest absolute Gasteiger partial charge is 0.191 e. The molecule has 2 heterocycles. The second-order valence-electron chi connectivity index (χ2n) is 5.44. The van der Waals surface area contributed by atoms with Gasteiger partial charge in [0.2, 0.25) is 0 Å². The molecule has 1 aromatic heterocycles. The van der Waals surface area contributed by atoms with Crippen molar-refractivity contribution in [1.82, 2.24) is 15.6 Å². The van der Waals surface area contributed by atoms with Gasteiger partial charge in [-0.3, -0.25) is 4.99 Å². The van der Waals surface area contributed by atoms with Crippen molar-refractivity contribution >= 4 is 35.8 Å². The molecule has 1 fully saturated rings. The van der Waals surface area contributed by atoms with Crippen LogP contribution in [-0.2, 0) is 6.54 Å². The van der Waals surface area contributed by atoms with Gasteiger partial charge in [-0.15, -0.1) is 24.0 Å². The molecular formula is C15H26IN5. The van der Waals surface area contributed by atoms with Gasteiger partial charge < -0.3 is 15.5 Å². The van der Waals surface area contributed by atoms with E-state index >= 15 is 0 Å². The SMILES string of the molecule is CN=C(NCc1ccc(N2CCCC2)nc1)NC(C)C.I. The number of hydrogen-bond acceptors (Lipinski definition) is 3. The van der Waals surface area contributed by atoms with E-state index in [1.54, 1.807) is 7.05 Å². The summed E-state index contributed by atoms with van der Waals surface area (Å²) in [5, 5.41) is 6.56. The predicted octanol–water partition coefficient (Wildman–Crippen LogP) is 2.37. The molecule has 1 aliphatic heterocycles. The first-order valence-electron chi connectivity index (χ1n) is 7.36. The van der Waals surface area contributed by atoms with Gasteiger partial charge in [-0.25, -0.2) is 4.98 Å². The number of rotatable bonds is 4. The molecule has 0 saturated carbocycles. The van der Waals surface area contributed by atoms with Gasteiger partial charge in [0.05, 0.1) is 0 Å². The molecular weight excluding hydrogens is 377 g/mol. The summed E-state index contributed by atoms with van der Waals surface area (Å²) < 4.78 is 0. The van der Waals surface area contributed by atoms with Gasteiger partial charge in [-0.2, -0.15) is 0 Å². The fourth-order valence-electron chi connectivity index (χ4n) is 2.31. The van der Waals surface area contributed by atoms with Crippen molar-refractivity contribution in [3.05, 3.63) is 23.9 Å². The van der Waals surface area contributed by atoms with Crippen LogP contribution in [0, 0.1) is 0 Å². The summed E-state index contributed by atoms with van der Waals surface area (Å²) in [5.74, 6) is 1.92. The summed E-state index contributed by atoms with van der Waals surface area (Å²) >= 11 is 0. The maximum Gasteiger partial charge on any atom is 0.191 e. The first kappa shape index (κ1) is 18.0. The van der Waals surface area contributed by atoms with Gasteiger partial charge in [0.1, 0.15) is 5.82 Å². The number of aliphatic imine (C=N–C) groups is 1. The van der Waals surface area contributed by atoms with E-state index < -0.39 is 0 Å². The standard InChI is InChI=1S/C15H25N5.HI/c1-12(2)19-15(16-3)18-11-13-6-7-14(17-10-13)20-8-4-5-9-20;/h6-7,10,12H,4-5,8-9,11H2,1-3H3,(H2,16,18,19);1H. The lowest BCUT2D eigenvalue weighted by Gasteiger charge is -2.17. The lowest BCUT2D eigenvalue weighted by molar-refractivity contribution is 0.699. The molecule has 0 amide bonds. The Balaban J connectivity index is 0.00000220. The molecule has 2 N–H and O–H groups in total. The molecule has 0 aliphatic carbocycles. The van der Waals surface area contributed by atoms with Gasteiger partial charge in [0.25, 0.3) is 0 Å². The van der Waals surface area contributed by atoms with Crippen LogP contribution >= 0.6 is 24.0 Å². The zero-order valence-electron chi connectivity index (χ0n) is 13.1. The third-order valence-electron chi connectivity index (χ3n) is 3.35. The Morgan fingerprint density at radius 1 is 1.33 bits per heavy atom. The Bertz CT molecular complexity index is 438. The summed E-state index contributed by atoms with van der Waals surface area (Å²) in [5.41, 5.74) is 1.17. The lowest BCUT2D eigenvalue weighted by Crippen LogP contribution is -2.40. The highest BCUT2D eigenvalue weighted by atomic mass is 127. The number of hydrogen-bond donors (Lipinski definition) is 2.